The van der Waals surface area contributed by atoms with Gasteiger partial charge in [-0.3, -0.25) is 0 Å². The van der Waals surface area contributed by atoms with Gasteiger partial charge in [0.15, 0.2) is 11.5 Å². The molecule has 0 spiro atoms. The van der Waals surface area contributed by atoms with E-state index in [4.69, 9.17) is 18.9 Å². The van der Waals surface area contributed by atoms with Crippen molar-refractivity contribution in [2.75, 3.05) is 42.0 Å². The summed E-state index contributed by atoms with van der Waals surface area (Å²) in [5.41, 5.74) is 3.90. The van der Waals surface area contributed by atoms with E-state index in [9.17, 15) is 0 Å². The molecule has 0 fully saturated rings. The van der Waals surface area contributed by atoms with E-state index in [2.05, 4.69) is 43.3 Å². The summed E-state index contributed by atoms with van der Waals surface area (Å²) < 4.78 is 22.5. The molecule has 5 heteroatoms. The molecule has 0 saturated heterocycles. The van der Waals surface area contributed by atoms with E-state index in [1.807, 2.05) is 12.1 Å². The highest BCUT2D eigenvalue weighted by Crippen LogP contribution is 2.38. The molecule has 3 rings (SSSR count). The highest BCUT2D eigenvalue weighted by molar-refractivity contribution is 5.53. The smallest absolute Gasteiger partial charge is 0.203 e. The largest absolute Gasteiger partial charge is 0.493 e. The Bertz CT molecular complexity index is 780. The summed E-state index contributed by atoms with van der Waals surface area (Å²) in [5, 5.41) is 0. The zero-order valence-corrected chi connectivity index (χ0v) is 17.6. The van der Waals surface area contributed by atoms with Gasteiger partial charge >= 0.3 is 0 Å². The molecular formula is C23H31NO4. The van der Waals surface area contributed by atoms with Crippen LogP contribution in [0.15, 0.2) is 36.4 Å². The molecular weight excluding hydrogens is 354 g/mol. The van der Waals surface area contributed by atoms with Crippen LogP contribution in [0.25, 0.3) is 0 Å². The Morgan fingerprint density at radius 1 is 0.929 bits per heavy atom. The fraction of sp³-hybridized carbons (Fsp3) is 0.478. The van der Waals surface area contributed by atoms with Crippen molar-refractivity contribution >= 4 is 0 Å². The molecule has 0 N–H and O–H groups in total. The second-order valence-corrected chi connectivity index (χ2v) is 7.59. The van der Waals surface area contributed by atoms with Crippen LogP contribution in [0.1, 0.15) is 23.1 Å². The third kappa shape index (κ3) is 4.10. The van der Waals surface area contributed by atoms with Crippen LogP contribution < -0.4 is 14.2 Å². The number of nitrogens with zero attached hydrogens (tertiary/aromatic N) is 1. The summed E-state index contributed by atoms with van der Waals surface area (Å²) in [6.45, 7) is 1.17. The minimum Gasteiger partial charge on any atom is -0.493 e. The maximum Gasteiger partial charge on any atom is 0.203 e. The fourth-order valence-corrected chi connectivity index (χ4v) is 4.00. The summed E-state index contributed by atoms with van der Waals surface area (Å²) in [4.78, 5) is 2.32. The van der Waals surface area contributed by atoms with E-state index in [0.717, 1.165) is 24.8 Å². The molecule has 5 nitrogen and oxygen atoms in total. The average Bonchev–Trinajstić information content (AvgIpc) is 2.72. The number of fused-ring (bicyclic) bond motifs is 1. The molecule has 1 atom stereocenters. The number of likely N-dealkylation sites (N-methyl/N-ethyl adjacent to an activating group) is 1. The molecule has 2 aromatic rings. The van der Waals surface area contributed by atoms with E-state index < -0.39 is 0 Å². The Balaban J connectivity index is 1.72. The lowest BCUT2D eigenvalue weighted by atomic mass is 9.77. The normalized spacial score (nSPS) is 18.6. The maximum absolute atomic E-state index is 6.22. The van der Waals surface area contributed by atoms with Crippen molar-refractivity contribution < 1.29 is 18.9 Å². The molecule has 0 heterocycles. The van der Waals surface area contributed by atoms with Crippen molar-refractivity contribution in [2.24, 2.45) is 0 Å². The van der Waals surface area contributed by atoms with Gasteiger partial charge < -0.3 is 23.8 Å². The van der Waals surface area contributed by atoms with Crippen molar-refractivity contribution in [3.63, 3.8) is 0 Å². The topological polar surface area (TPSA) is 40.2 Å². The van der Waals surface area contributed by atoms with Gasteiger partial charge in [-0.1, -0.05) is 24.3 Å². The highest BCUT2D eigenvalue weighted by Gasteiger charge is 2.36. The number of hydrogen-bond donors (Lipinski definition) is 0. The zero-order valence-electron chi connectivity index (χ0n) is 17.6. The highest BCUT2D eigenvalue weighted by atomic mass is 16.5. The van der Waals surface area contributed by atoms with Crippen molar-refractivity contribution in [1.29, 1.82) is 0 Å². The van der Waals surface area contributed by atoms with Gasteiger partial charge in [0, 0.05) is 5.54 Å². The first-order valence-corrected chi connectivity index (χ1v) is 9.64. The summed E-state index contributed by atoms with van der Waals surface area (Å²) in [6.07, 6.45) is 3.18. The van der Waals surface area contributed by atoms with Crippen LogP contribution >= 0.6 is 0 Å². The predicted octanol–water partition coefficient (Wildman–Crippen LogP) is 3.72. The fourth-order valence-electron chi connectivity index (χ4n) is 4.00. The Morgan fingerprint density at radius 2 is 1.57 bits per heavy atom. The third-order valence-electron chi connectivity index (χ3n) is 5.81. The minimum absolute atomic E-state index is 0.00892. The van der Waals surface area contributed by atoms with Crippen LogP contribution in [0.3, 0.4) is 0 Å². The molecule has 0 saturated carbocycles. The second-order valence-electron chi connectivity index (χ2n) is 7.59. The van der Waals surface area contributed by atoms with Gasteiger partial charge in [-0.25, -0.2) is 0 Å². The standard InChI is InChI=1S/C23H31NO4/c1-24(2)23(11-10-18-8-6-7-9-19(18)14-23)16-28-15-17-12-20(25-3)22(27-5)21(13-17)26-4/h6-9,12-13H,10-11,14-16H2,1-5H3. The Hall–Kier alpha value is -2.24. The number of aryl methyl sites for hydroxylation is 1. The van der Waals surface area contributed by atoms with Gasteiger partial charge in [0.1, 0.15) is 0 Å². The molecule has 0 aliphatic heterocycles. The monoisotopic (exact) mass is 385 g/mol. The predicted molar refractivity (Wildman–Crippen MR) is 111 cm³/mol. The van der Waals surface area contributed by atoms with E-state index in [1.54, 1.807) is 21.3 Å². The van der Waals surface area contributed by atoms with Crippen LogP contribution in [-0.2, 0) is 24.2 Å². The molecule has 28 heavy (non-hydrogen) atoms. The lowest BCUT2D eigenvalue weighted by Gasteiger charge is -2.43. The molecule has 152 valence electrons. The van der Waals surface area contributed by atoms with Gasteiger partial charge in [0.05, 0.1) is 34.5 Å². The Labute approximate surface area is 168 Å². The molecule has 2 aromatic carbocycles. The van der Waals surface area contributed by atoms with Gasteiger partial charge in [-0.05, 0) is 62.2 Å². The minimum atomic E-state index is 0.00892. The number of rotatable bonds is 8. The molecule has 0 radical (unpaired) electrons. The van der Waals surface area contributed by atoms with E-state index in [1.165, 1.54) is 11.1 Å². The van der Waals surface area contributed by atoms with Crippen LogP contribution in [0.5, 0.6) is 17.2 Å². The quantitative estimate of drug-likeness (QED) is 0.693. The van der Waals surface area contributed by atoms with Crippen molar-refractivity contribution in [3.05, 3.63) is 53.1 Å². The molecule has 0 amide bonds. The Morgan fingerprint density at radius 3 is 2.14 bits per heavy atom. The molecule has 1 aliphatic rings. The Kier molecular flexibility index (Phi) is 6.47. The van der Waals surface area contributed by atoms with Gasteiger partial charge in [0.25, 0.3) is 0 Å². The van der Waals surface area contributed by atoms with E-state index in [0.29, 0.717) is 30.5 Å². The summed E-state index contributed by atoms with van der Waals surface area (Å²) in [6, 6.07) is 12.6. The first kappa shape index (κ1) is 20.5. The first-order valence-electron chi connectivity index (χ1n) is 9.64. The molecule has 0 bridgehead atoms. The van der Waals surface area contributed by atoms with Gasteiger partial charge in [0.2, 0.25) is 5.75 Å². The summed E-state index contributed by atoms with van der Waals surface area (Å²) in [7, 11) is 9.16. The lowest BCUT2D eigenvalue weighted by Crippen LogP contribution is -2.52. The van der Waals surface area contributed by atoms with E-state index >= 15 is 0 Å². The van der Waals surface area contributed by atoms with Gasteiger partial charge in [-0.15, -0.1) is 0 Å². The number of benzene rings is 2. The van der Waals surface area contributed by atoms with E-state index in [-0.39, 0.29) is 5.54 Å². The average molecular weight is 386 g/mol. The van der Waals surface area contributed by atoms with Crippen LogP contribution in [-0.4, -0.2) is 52.5 Å². The SMILES string of the molecule is COc1cc(COCC2(N(C)C)CCc3ccccc3C2)cc(OC)c1OC. The number of hydrogen-bond acceptors (Lipinski definition) is 5. The lowest BCUT2D eigenvalue weighted by molar-refractivity contribution is -0.000645. The van der Waals surface area contributed by atoms with Crippen LogP contribution in [0, 0.1) is 0 Å². The molecule has 1 unspecified atom stereocenters. The number of ether oxygens (including phenoxy) is 4. The third-order valence-corrected chi connectivity index (χ3v) is 5.81. The summed E-state index contributed by atoms with van der Waals surface area (Å²) >= 11 is 0. The van der Waals surface area contributed by atoms with Crippen molar-refractivity contribution in [3.8, 4) is 17.2 Å². The second kappa shape index (κ2) is 8.84. The zero-order chi connectivity index (χ0) is 20.1. The first-order chi connectivity index (χ1) is 13.5. The molecule has 1 aliphatic carbocycles. The van der Waals surface area contributed by atoms with Crippen molar-refractivity contribution in [2.45, 2.75) is 31.4 Å². The van der Waals surface area contributed by atoms with Crippen LogP contribution in [0.4, 0.5) is 0 Å². The van der Waals surface area contributed by atoms with Gasteiger partial charge in [-0.2, -0.15) is 0 Å². The number of methoxy groups -OCH3 is 3. The maximum atomic E-state index is 6.22. The molecule has 0 aromatic heterocycles. The van der Waals surface area contributed by atoms with Crippen molar-refractivity contribution in [1.82, 2.24) is 4.90 Å². The van der Waals surface area contributed by atoms with Crippen LogP contribution in [0.2, 0.25) is 0 Å². The summed E-state index contributed by atoms with van der Waals surface area (Å²) in [5.74, 6) is 1.89.